The van der Waals surface area contributed by atoms with Crippen molar-refractivity contribution >= 4 is 32.8 Å². The van der Waals surface area contributed by atoms with Crippen molar-refractivity contribution in [3.8, 4) is 0 Å². The second-order valence-corrected chi connectivity index (χ2v) is 6.47. The SMILES string of the molecule is Cn1c(Br)cc2c(NCC3=CC(N)=CC(C(F)(F)F)C3)ncnc21. The zero-order valence-corrected chi connectivity index (χ0v) is 14.3. The largest absolute Gasteiger partial charge is 0.399 e. The third kappa shape index (κ3) is 3.26. The molecule has 0 spiro atoms. The second kappa shape index (κ2) is 6.12. The maximum atomic E-state index is 12.9. The molecule has 2 heterocycles. The lowest BCUT2D eigenvalue weighted by molar-refractivity contribution is -0.161. The van der Waals surface area contributed by atoms with E-state index in [1.54, 1.807) is 6.08 Å². The Labute approximate surface area is 144 Å². The van der Waals surface area contributed by atoms with E-state index in [4.69, 9.17) is 5.73 Å². The number of nitrogens with zero attached hydrogens (tertiary/aromatic N) is 3. The second-order valence-electron chi connectivity index (χ2n) is 5.66. The van der Waals surface area contributed by atoms with Gasteiger partial charge >= 0.3 is 6.18 Å². The van der Waals surface area contributed by atoms with Gasteiger partial charge in [0.2, 0.25) is 0 Å². The van der Waals surface area contributed by atoms with Crippen molar-refractivity contribution in [2.75, 3.05) is 11.9 Å². The lowest BCUT2D eigenvalue weighted by Gasteiger charge is -2.23. The molecule has 0 saturated heterocycles. The van der Waals surface area contributed by atoms with Crippen LogP contribution in [-0.4, -0.2) is 27.3 Å². The summed E-state index contributed by atoms with van der Waals surface area (Å²) in [7, 11) is 1.85. The number of anilines is 1. The number of aryl methyl sites for hydroxylation is 1. The Bertz CT molecular complexity index is 837. The molecular formula is C15H15BrF3N5. The standard InChI is InChI=1S/C15H15BrF3N5/c1-24-12(16)5-11-13(22-7-23-14(11)24)21-6-8-2-9(15(17,18)19)4-10(20)3-8/h3-5,7,9H,2,6,20H2,1H3,(H,21,22,23). The fraction of sp³-hybridized carbons (Fsp3) is 0.333. The van der Waals surface area contributed by atoms with E-state index in [1.165, 1.54) is 6.33 Å². The van der Waals surface area contributed by atoms with E-state index < -0.39 is 12.1 Å². The Morgan fingerprint density at radius 2 is 2.17 bits per heavy atom. The van der Waals surface area contributed by atoms with E-state index in [0.29, 0.717) is 11.4 Å². The summed E-state index contributed by atoms with van der Waals surface area (Å²) in [6.45, 7) is 0.236. The predicted octanol–water partition coefficient (Wildman–Crippen LogP) is 3.49. The molecule has 0 fully saturated rings. The van der Waals surface area contributed by atoms with Gasteiger partial charge in [0, 0.05) is 19.3 Å². The van der Waals surface area contributed by atoms with E-state index in [0.717, 1.165) is 21.7 Å². The van der Waals surface area contributed by atoms with Crippen molar-refractivity contribution in [3.63, 3.8) is 0 Å². The van der Waals surface area contributed by atoms with Gasteiger partial charge in [-0.1, -0.05) is 0 Å². The first-order chi connectivity index (χ1) is 11.3. The molecule has 0 amide bonds. The van der Waals surface area contributed by atoms with Gasteiger partial charge in [0.25, 0.3) is 0 Å². The Morgan fingerprint density at radius 1 is 1.42 bits per heavy atom. The summed E-state index contributed by atoms with van der Waals surface area (Å²) in [5.41, 5.74) is 7.06. The monoisotopic (exact) mass is 401 g/mol. The van der Waals surface area contributed by atoms with Gasteiger partial charge in [0.1, 0.15) is 17.8 Å². The third-order valence-corrected chi connectivity index (χ3v) is 4.68. The summed E-state index contributed by atoms with van der Waals surface area (Å²) < 4.78 is 41.5. The van der Waals surface area contributed by atoms with E-state index in [-0.39, 0.29) is 18.7 Å². The Morgan fingerprint density at radius 3 is 2.88 bits per heavy atom. The van der Waals surface area contributed by atoms with Gasteiger partial charge in [0.05, 0.1) is 15.9 Å². The van der Waals surface area contributed by atoms with Crippen molar-refractivity contribution in [2.45, 2.75) is 12.6 Å². The van der Waals surface area contributed by atoms with E-state index in [1.807, 2.05) is 17.7 Å². The topological polar surface area (TPSA) is 68.8 Å². The van der Waals surface area contributed by atoms with Gasteiger partial charge in [-0.15, -0.1) is 0 Å². The van der Waals surface area contributed by atoms with Crippen LogP contribution in [0, 0.1) is 5.92 Å². The highest BCUT2D eigenvalue weighted by Gasteiger charge is 2.39. The summed E-state index contributed by atoms with van der Waals surface area (Å²) in [5, 5.41) is 3.88. The molecule has 9 heteroatoms. The van der Waals surface area contributed by atoms with Crippen molar-refractivity contribution in [2.24, 2.45) is 18.7 Å². The maximum absolute atomic E-state index is 12.9. The first-order valence-corrected chi connectivity index (χ1v) is 7.98. The highest BCUT2D eigenvalue weighted by Crippen LogP contribution is 2.35. The van der Waals surface area contributed by atoms with Crippen LogP contribution < -0.4 is 11.1 Å². The summed E-state index contributed by atoms with van der Waals surface area (Å²) in [5.74, 6) is -0.977. The summed E-state index contributed by atoms with van der Waals surface area (Å²) in [6.07, 6.45) is -0.352. The molecule has 0 saturated carbocycles. The molecule has 1 aliphatic carbocycles. The van der Waals surface area contributed by atoms with Gasteiger partial charge < -0.3 is 15.6 Å². The molecule has 0 radical (unpaired) electrons. The lowest BCUT2D eigenvalue weighted by atomic mass is 9.92. The van der Waals surface area contributed by atoms with E-state index in [2.05, 4.69) is 31.2 Å². The summed E-state index contributed by atoms with van der Waals surface area (Å²) in [6, 6.07) is 1.86. The molecule has 1 unspecified atom stereocenters. The first kappa shape index (κ1) is 16.8. The average molecular weight is 402 g/mol. The molecule has 2 aromatic heterocycles. The number of allylic oxidation sites excluding steroid dienone is 2. The third-order valence-electron chi connectivity index (χ3n) is 3.91. The highest BCUT2D eigenvalue weighted by atomic mass is 79.9. The molecule has 1 aliphatic rings. The molecule has 3 N–H and O–H groups in total. The molecule has 0 aliphatic heterocycles. The number of aromatic nitrogens is 3. The van der Waals surface area contributed by atoms with Gasteiger partial charge in [-0.3, -0.25) is 0 Å². The number of hydrogen-bond donors (Lipinski definition) is 2. The van der Waals surface area contributed by atoms with Crippen molar-refractivity contribution in [1.82, 2.24) is 14.5 Å². The van der Waals surface area contributed by atoms with Gasteiger partial charge in [0.15, 0.2) is 0 Å². The fourth-order valence-corrected chi connectivity index (χ4v) is 3.09. The number of rotatable bonds is 3. The maximum Gasteiger partial charge on any atom is 0.395 e. The number of nitrogens with two attached hydrogens (primary N) is 1. The number of alkyl halides is 3. The van der Waals surface area contributed by atoms with Crippen LogP contribution in [0.15, 0.2) is 40.4 Å². The molecule has 2 aromatic rings. The van der Waals surface area contributed by atoms with Crippen LogP contribution >= 0.6 is 15.9 Å². The van der Waals surface area contributed by atoms with Crippen molar-refractivity contribution in [3.05, 3.63) is 40.4 Å². The fourth-order valence-electron chi connectivity index (χ4n) is 2.69. The molecule has 1 atom stereocenters. The van der Waals surface area contributed by atoms with Crippen LogP contribution in [0.1, 0.15) is 6.42 Å². The van der Waals surface area contributed by atoms with Crippen molar-refractivity contribution < 1.29 is 13.2 Å². The number of nitrogens with one attached hydrogen (secondary N) is 1. The lowest BCUT2D eigenvalue weighted by Crippen LogP contribution is -2.26. The minimum atomic E-state index is -4.30. The molecule has 3 rings (SSSR count). The van der Waals surface area contributed by atoms with Crippen molar-refractivity contribution in [1.29, 1.82) is 0 Å². The molecule has 0 aromatic carbocycles. The molecule has 5 nitrogen and oxygen atoms in total. The van der Waals surface area contributed by atoms with Crippen LogP contribution in [-0.2, 0) is 7.05 Å². The van der Waals surface area contributed by atoms with Gasteiger partial charge in [-0.05, 0) is 46.1 Å². The highest BCUT2D eigenvalue weighted by molar-refractivity contribution is 9.10. The smallest absolute Gasteiger partial charge is 0.395 e. The molecular weight excluding hydrogens is 387 g/mol. The number of fused-ring (bicyclic) bond motifs is 1. The van der Waals surface area contributed by atoms with E-state index in [9.17, 15) is 13.2 Å². The van der Waals surface area contributed by atoms with E-state index >= 15 is 0 Å². The number of hydrogen-bond acceptors (Lipinski definition) is 4. The summed E-state index contributed by atoms with van der Waals surface area (Å²) in [4.78, 5) is 8.38. The minimum absolute atomic E-state index is 0.107. The molecule has 24 heavy (non-hydrogen) atoms. The molecule has 0 bridgehead atoms. The normalized spacial score (nSPS) is 18.5. The van der Waals surface area contributed by atoms with Crippen LogP contribution in [0.4, 0.5) is 19.0 Å². The first-order valence-electron chi connectivity index (χ1n) is 7.19. The minimum Gasteiger partial charge on any atom is -0.399 e. The Kier molecular flexibility index (Phi) is 4.29. The summed E-state index contributed by atoms with van der Waals surface area (Å²) >= 11 is 3.41. The quantitative estimate of drug-likeness (QED) is 0.825. The van der Waals surface area contributed by atoms with Crippen LogP contribution in [0.2, 0.25) is 0 Å². The zero-order valence-electron chi connectivity index (χ0n) is 12.7. The van der Waals surface area contributed by atoms with Crippen LogP contribution in [0.5, 0.6) is 0 Å². The van der Waals surface area contributed by atoms with Crippen LogP contribution in [0.3, 0.4) is 0 Å². The zero-order chi connectivity index (χ0) is 17.5. The van der Waals surface area contributed by atoms with Gasteiger partial charge in [-0.25, -0.2) is 9.97 Å². The Balaban J connectivity index is 1.79. The Hall–Kier alpha value is -2.03. The molecule has 128 valence electrons. The average Bonchev–Trinajstić information content (AvgIpc) is 2.80. The van der Waals surface area contributed by atoms with Crippen LogP contribution in [0.25, 0.3) is 11.0 Å². The predicted molar refractivity (Wildman–Crippen MR) is 89.2 cm³/mol. The van der Waals surface area contributed by atoms with Gasteiger partial charge in [-0.2, -0.15) is 13.2 Å². The number of halogens is 4.